The molecule has 1 aliphatic heterocycles. The van der Waals surface area contributed by atoms with Crippen LogP contribution in [-0.2, 0) is 27.4 Å². The molecule has 0 aliphatic carbocycles. The largest absolute Gasteiger partial charge is 0.481 e. The van der Waals surface area contributed by atoms with Crippen LogP contribution in [0.25, 0.3) is 11.0 Å². The lowest BCUT2D eigenvalue weighted by atomic mass is 10.1. The van der Waals surface area contributed by atoms with Crippen LogP contribution in [0.15, 0.2) is 42.5 Å². The number of benzene rings is 2. The Morgan fingerprint density at radius 1 is 1.26 bits per heavy atom. The van der Waals surface area contributed by atoms with Gasteiger partial charge in [-0.1, -0.05) is 12.1 Å². The number of amides is 2. The molecule has 178 valence electrons. The van der Waals surface area contributed by atoms with Crippen molar-refractivity contribution in [2.75, 3.05) is 32.6 Å². The Bertz CT molecular complexity index is 1190. The van der Waals surface area contributed by atoms with E-state index in [0.29, 0.717) is 36.8 Å². The van der Waals surface area contributed by atoms with Gasteiger partial charge in [-0.3, -0.25) is 14.4 Å². The third kappa shape index (κ3) is 5.01. The summed E-state index contributed by atoms with van der Waals surface area (Å²) in [5, 5.41) is 12.3. The second kappa shape index (κ2) is 9.92. The minimum absolute atomic E-state index is 0.190. The number of nitrogens with one attached hydrogen (secondary N) is 2. The Balaban J connectivity index is 1.55. The summed E-state index contributed by atoms with van der Waals surface area (Å²) in [5.74, 6) is -0.892. The third-order valence-corrected chi connectivity index (χ3v) is 5.77. The first kappa shape index (κ1) is 23.2. The van der Waals surface area contributed by atoms with E-state index in [9.17, 15) is 19.5 Å². The number of fused-ring (bicyclic) bond motifs is 2. The topological polar surface area (TPSA) is 128 Å². The summed E-state index contributed by atoms with van der Waals surface area (Å²) in [7, 11) is 3.24. The highest BCUT2D eigenvalue weighted by Gasteiger charge is 2.31. The van der Waals surface area contributed by atoms with Gasteiger partial charge in [0.25, 0.3) is 5.91 Å². The van der Waals surface area contributed by atoms with Crippen LogP contribution in [0.3, 0.4) is 0 Å². The average Bonchev–Trinajstić information content (AvgIpc) is 3.17. The number of carbonyl (C=O) groups excluding carboxylic acids is 2. The first-order valence-corrected chi connectivity index (χ1v) is 10.9. The molecule has 2 heterocycles. The second-order valence-electron chi connectivity index (χ2n) is 8.28. The smallest absolute Gasteiger partial charge is 0.305 e. The Hall–Kier alpha value is -3.92. The van der Waals surface area contributed by atoms with Crippen molar-refractivity contribution < 1.29 is 24.2 Å². The van der Waals surface area contributed by atoms with Crippen LogP contribution in [0.5, 0.6) is 0 Å². The SMILES string of the molecule is COCCN1Cc2cc(C(=O)N(C)Cc3nc4ccccc4[nH]3)ccc2NC(CC(=O)O)C1=O. The van der Waals surface area contributed by atoms with Gasteiger partial charge >= 0.3 is 5.97 Å². The molecule has 0 spiro atoms. The average molecular weight is 466 g/mol. The van der Waals surface area contributed by atoms with E-state index in [-0.39, 0.29) is 24.8 Å². The van der Waals surface area contributed by atoms with E-state index < -0.39 is 12.0 Å². The molecule has 3 aromatic rings. The van der Waals surface area contributed by atoms with Crippen molar-refractivity contribution in [3.05, 3.63) is 59.4 Å². The molecule has 1 unspecified atom stereocenters. The lowest BCUT2D eigenvalue weighted by molar-refractivity contribution is -0.141. The molecule has 0 saturated heterocycles. The fourth-order valence-electron chi connectivity index (χ4n) is 4.05. The van der Waals surface area contributed by atoms with E-state index in [2.05, 4.69) is 15.3 Å². The molecule has 10 nitrogen and oxygen atoms in total. The summed E-state index contributed by atoms with van der Waals surface area (Å²) >= 11 is 0. The monoisotopic (exact) mass is 465 g/mol. The van der Waals surface area contributed by atoms with E-state index in [4.69, 9.17) is 4.74 Å². The molecule has 3 N–H and O–H groups in total. The molecule has 0 fully saturated rings. The number of aromatic amines is 1. The van der Waals surface area contributed by atoms with E-state index in [1.165, 1.54) is 7.11 Å². The van der Waals surface area contributed by atoms with Crippen LogP contribution in [0.2, 0.25) is 0 Å². The van der Waals surface area contributed by atoms with Crippen LogP contribution in [0.1, 0.15) is 28.2 Å². The minimum Gasteiger partial charge on any atom is -0.481 e. The van der Waals surface area contributed by atoms with Gasteiger partial charge in [0.15, 0.2) is 0 Å². The minimum atomic E-state index is -1.07. The zero-order chi connectivity index (χ0) is 24.2. The van der Waals surface area contributed by atoms with E-state index in [1.807, 2.05) is 24.3 Å². The molecule has 1 atom stereocenters. The maximum atomic E-state index is 13.1. The Morgan fingerprint density at radius 2 is 2.06 bits per heavy atom. The van der Waals surface area contributed by atoms with Gasteiger partial charge in [-0.15, -0.1) is 0 Å². The van der Waals surface area contributed by atoms with Gasteiger partial charge in [-0.25, -0.2) is 4.98 Å². The summed E-state index contributed by atoms with van der Waals surface area (Å²) < 4.78 is 5.11. The molecule has 2 amide bonds. The highest BCUT2D eigenvalue weighted by Crippen LogP contribution is 2.26. The maximum absolute atomic E-state index is 13.1. The molecular formula is C24H27N5O5. The maximum Gasteiger partial charge on any atom is 0.305 e. The highest BCUT2D eigenvalue weighted by molar-refractivity contribution is 5.95. The summed E-state index contributed by atoms with van der Waals surface area (Å²) in [6, 6.07) is 11.9. The predicted octanol–water partition coefficient (Wildman–Crippen LogP) is 2.08. The number of methoxy groups -OCH3 is 1. The van der Waals surface area contributed by atoms with Crippen molar-refractivity contribution >= 4 is 34.5 Å². The number of carboxylic acid groups (broad SMARTS) is 1. The van der Waals surface area contributed by atoms with E-state index >= 15 is 0 Å². The van der Waals surface area contributed by atoms with Crippen molar-refractivity contribution in [3.8, 4) is 0 Å². The molecular weight excluding hydrogens is 438 g/mol. The normalized spacial score (nSPS) is 15.5. The summed E-state index contributed by atoms with van der Waals surface area (Å²) in [4.78, 5) is 48.2. The molecule has 10 heteroatoms. The van der Waals surface area contributed by atoms with Gasteiger partial charge in [-0.05, 0) is 35.9 Å². The number of nitrogens with zero attached hydrogens (tertiary/aromatic N) is 3. The number of carboxylic acids is 1. The van der Waals surface area contributed by atoms with E-state index in [0.717, 1.165) is 16.6 Å². The van der Waals surface area contributed by atoms with Gasteiger partial charge in [0.05, 0.1) is 30.6 Å². The zero-order valence-electron chi connectivity index (χ0n) is 19.1. The van der Waals surface area contributed by atoms with Crippen molar-refractivity contribution in [1.82, 2.24) is 19.8 Å². The quantitative estimate of drug-likeness (QED) is 0.465. The van der Waals surface area contributed by atoms with Gasteiger partial charge in [0, 0.05) is 38.5 Å². The summed E-state index contributed by atoms with van der Waals surface area (Å²) in [6.07, 6.45) is -0.345. The van der Waals surface area contributed by atoms with Crippen LogP contribution < -0.4 is 5.32 Å². The number of ether oxygens (including phenoxy) is 1. The number of aliphatic carboxylic acids is 1. The van der Waals surface area contributed by atoms with Gasteiger partial charge in [0.2, 0.25) is 5.91 Å². The lowest BCUT2D eigenvalue weighted by Gasteiger charge is -2.23. The van der Waals surface area contributed by atoms with Crippen molar-refractivity contribution in [3.63, 3.8) is 0 Å². The lowest BCUT2D eigenvalue weighted by Crippen LogP contribution is -2.42. The molecule has 0 bridgehead atoms. The zero-order valence-corrected chi connectivity index (χ0v) is 19.1. The number of hydrogen-bond donors (Lipinski definition) is 3. The van der Waals surface area contributed by atoms with E-state index in [1.54, 1.807) is 35.0 Å². The number of hydrogen-bond acceptors (Lipinski definition) is 6. The van der Waals surface area contributed by atoms with Crippen molar-refractivity contribution in [2.24, 2.45) is 0 Å². The second-order valence-corrected chi connectivity index (χ2v) is 8.28. The molecule has 1 aromatic heterocycles. The fraction of sp³-hybridized carbons (Fsp3) is 0.333. The molecule has 2 aromatic carbocycles. The van der Waals surface area contributed by atoms with Crippen molar-refractivity contribution in [1.29, 1.82) is 0 Å². The number of H-pyrrole nitrogens is 1. The first-order valence-electron chi connectivity index (χ1n) is 10.9. The standard InChI is InChI=1S/C24H27N5O5/c1-28(14-21-26-18-5-3-4-6-19(18)27-21)23(32)15-7-8-17-16(11-15)13-29(9-10-34-2)24(33)20(25-17)12-22(30)31/h3-8,11,20,25H,9-10,12-14H2,1-2H3,(H,26,27)(H,30,31). The molecule has 4 rings (SSSR count). The van der Waals surface area contributed by atoms with Crippen LogP contribution in [0.4, 0.5) is 5.69 Å². The van der Waals surface area contributed by atoms with Gasteiger partial charge < -0.3 is 29.9 Å². The molecule has 0 radical (unpaired) electrons. The first-order chi connectivity index (χ1) is 16.4. The highest BCUT2D eigenvalue weighted by atomic mass is 16.5. The van der Waals surface area contributed by atoms with Gasteiger partial charge in [0.1, 0.15) is 11.9 Å². The number of rotatable bonds is 8. The number of para-hydroxylation sites is 2. The fourth-order valence-corrected chi connectivity index (χ4v) is 4.05. The Morgan fingerprint density at radius 3 is 2.79 bits per heavy atom. The summed E-state index contributed by atoms with van der Waals surface area (Å²) in [5.41, 5.74) is 3.59. The van der Waals surface area contributed by atoms with Crippen LogP contribution >= 0.6 is 0 Å². The van der Waals surface area contributed by atoms with Crippen molar-refractivity contribution in [2.45, 2.75) is 25.6 Å². The van der Waals surface area contributed by atoms with Crippen LogP contribution in [-0.4, -0.2) is 76.0 Å². The Kier molecular flexibility index (Phi) is 6.78. The van der Waals surface area contributed by atoms with Crippen LogP contribution in [0, 0.1) is 0 Å². The molecule has 0 saturated carbocycles. The Labute approximate surface area is 196 Å². The predicted molar refractivity (Wildman–Crippen MR) is 125 cm³/mol. The number of carbonyl (C=O) groups is 3. The number of anilines is 1. The molecule has 34 heavy (non-hydrogen) atoms. The van der Waals surface area contributed by atoms with Gasteiger partial charge in [-0.2, -0.15) is 0 Å². The summed E-state index contributed by atoms with van der Waals surface area (Å²) in [6.45, 7) is 1.19. The number of aromatic nitrogens is 2. The third-order valence-electron chi connectivity index (χ3n) is 5.77. The number of imidazole rings is 1. The molecule has 1 aliphatic rings.